The van der Waals surface area contributed by atoms with Gasteiger partial charge >= 0.3 is 6.03 Å². The fraction of sp³-hybridized carbons (Fsp3) is 0.833. The van der Waals surface area contributed by atoms with E-state index >= 15 is 0 Å². The number of hydrogen-bond donors (Lipinski definition) is 12. The topological polar surface area (TPSA) is 307 Å². The summed E-state index contributed by atoms with van der Waals surface area (Å²) in [5.74, 6) is -3.57. The van der Waals surface area contributed by atoms with Gasteiger partial charge in [-0.05, 0) is 12.8 Å². The lowest BCUT2D eigenvalue weighted by Gasteiger charge is -2.41. The molecule has 34 heavy (non-hydrogen) atoms. The Hall–Kier alpha value is -1.83. The number of urea groups is 1. The number of rotatable bonds is 14. The highest BCUT2D eigenvalue weighted by Crippen LogP contribution is 2.37. The van der Waals surface area contributed by atoms with Crippen molar-refractivity contribution in [2.75, 3.05) is 26.4 Å². The van der Waals surface area contributed by atoms with Gasteiger partial charge in [0.15, 0.2) is 11.4 Å². The van der Waals surface area contributed by atoms with Crippen molar-refractivity contribution < 1.29 is 65.1 Å². The van der Waals surface area contributed by atoms with E-state index in [1.54, 1.807) is 0 Å². The Kier molecular flexibility index (Phi) is 10.9. The van der Waals surface area contributed by atoms with Crippen LogP contribution < -0.4 is 16.8 Å². The van der Waals surface area contributed by atoms with Crippen LogP contribution in [0, 0.1) is 0 Å². The van der Waals surface area contributed by atoms with Crippen molar-refractivity contribution in [3.8, 4) is 0 Å². The normalized spacial score (nSPS) is 30.1. The molecule has 2 amide bonds. The molecule has 1 fully saturated rings. The van der Waals surface area contributed by atoms with Gasteiger partial charge in [-0.25, -0.2) is 4.79 Å². The minimum absolute atomic E-state index is 0.00635. The third-order valence-electron chi connectivity index (χ3n) is 5.73. The van der Waals surface area contributed by atoms with Gasteiger partial charge in [-0.2, -0.15) is 0 Å². The highest BCUT2D eigenvalue weighted by molar-refractivity contribution is 6.16. The Bertz CT molecular complexity index is 727. The van der Waals surface area contributed by atoms with E-state index in [1.807, 2.05) is 0 Å². The summed E-state index contributed by atoms with van der Waals surface area (Å²) in [5, 5.41) is 92.2. The van der Waals surface area contributed by atoms with Gasteiger partial charge in [0.25, 0.3) is 0 Å². The van der Waals surface area contributed by atoms with E-state index in [1.165, 1.54) is 0 Å². The number of ketones is 2. The molecule has 1 saturated heterocycles. The Labute approximate surface area is 193 Å². The van der Waals surface area contributed by atoms with Crippen molar-refractivity contribution in [3.05, 3.63) is 0 Å². The minimum Gasteiger partial charge on any atom is -0.394 e. The quantitative estimate of drug-likeness (QED) is 0.0780. The molecular formula is C18H33N3O13. The molecule has 0 radical (unpaired) electrons. The Morgan fingerprint density at radius 1 is 1.12 bits per heavy atom. The van der Waals surface area contributed by atoms with Crippen LogP contribution in [-0.2, 0) is 14.3 Å². The number of amides is 2. The summed E-state index contributed by atoms with van der Waals surface area (Å²) >= 11 is 0. The predicted octanol–water partition coefficient (Wildman–Crippen LogP) is -7.45. The Morgan fingerprint density at radius 2 is 1.71 bits per heavy atom. The van der Waals surface area contributed by atoms with E-state index in [0.29, 0.717) is 0 Å². The van der Waals surface area contributed by atoms with Gasteiger partial charge in [0.2, 0.25) is 11.4 Å². The number of ether oxygens (including phenoxy) is 1. The van der Waals surface area contributed by atoms with E-state index in [4.69, 9.17) is 21.3 Å². The second-order valence-electron chi connectivity index (χ2n) is 8.01. The van der Waals surface area contributed by atoms with Gasteiger partial charge in [-0.3, -0.25) is 9.59 Å². The number of hydrogen-bond acceptors (Lipinski definition) is 14. The minimum atomic E-state index is -3.75. The molecule has 1 rings (SSSR count). The van der Waals surface area contributed by atoms with Crippen LogP contribution >= 0.6 is 0 Å². The zero-order valence-electron chi connectivity index (χ0n) is 18.1. The average Bonchev–Trinajstić information content (AvgIpc) is 3.08. The average molecular weight is 499 g/mol. The smallest absolute Gasteiger partial charge is 0.312 e. The summed E-state index contributed by atoms with van der Waals surface area (Å²) in [6.07, 6.45) is -13.8. The van der Waals surface area contributed by atoms with Gasteiger partial charge < -0.3 is 67.5 Å². The predicted molar refractivity (Wildman–Crippen MR) is 109 cm³/mol. The number of carbonyl (C=O) groups is 3. The van der Waals surface area contributed by atoms with Crippen molar-refractivity contribution >= 4 is 17.6 Å². The van der Waals surface area contributed by atoms with Crippen LogP contribution in [0.15, 0.2) is 0 Å². The molecule has 14 N–H and O–H groups in total. The van der Waals surface area contributed by atoms with Gasteiger partial charge in [-0.1, -0.05) is 0 Å². The maximum atomic E-state index is 13.4. The van der Waals surface area contributed by atoms with Crippen LogP contribution in [0.5, 0.6) is 0 Å². The van der Waals surface area contributed by atoms with Crippen LogP contribution in [0.2, 0.25) is 0 Å². The first kappa shape index (κ1) is 30.2. The number of aliphatic hydroxyl groups excluding tert-OH is 8. The molecule has 0 bridgehead atoms. The molecule has 0 saturated carbocycles. The molecule has 0 aromatic rings. The maximum absolute atomic E-state index is 13.4. The standard InChI is InChI=1S/C18H33N3O13/c19-7(2-1-3-21-16(20)32)12(28)18(33,14(30)10(26)8(25)4-22)15(31)17(6-24)13(29)11(27)9(5-23)34-17/h7-11,13-14,22-27,29-30,33H,1-6,19H2,(H3,20,21,32)/t7-,8+,9+,10+,11+,13-,14-,17?,18+/m0/s1. The highest BCUT2D eigenvalue weighted by atomic mass is 16.6. The molecule has 0 aliphatic carbocycles. The molecule has 0 spiro atoms. The van der Waals surface area contributed by atoms with Gasteiger partial charge in [0, 0.05) is 6.54 Å². The van der Waals surface area contributed by atoms with Gasteiger partial charge in [0.05, 0.1) is 25.9 Å². The molecule has 1 unspecified atom stereocenters. The second kappa shape index (κ2) is 12.2. The fourth-order valence-corrected chi connectivity index (χ4v) is 3.65. The number of carbonyl (C=O) groups excluding carboxylic acids is 3. The van der Waals surface area contributed by atoms with Gasteiger partial charge in [-0.15, -0.1) is 0 Å². The zero-order chi connectivity index (χ0) is 26.4. The third kappa shape index (κ3) is 5.69. The van der Waals surface area contributed by atoms with E-state index < -0.39 is 91.3 Å². The van der Waals surface area contributed by atoms with E-state index in [-0.39, 0.29) is 19.4 Å². The van der Waals surface area contributed by atoms with Gasteiger partial charge in [0.1, 0.15) is 36.6 Å². The van der Waals surface area contributed by atoms with Crippen molar-refractivity contribution in [1.29, 1.82) is 0 Å². The molecule has 198 valence electrons. The number of primary amides is 1. The lowest BCUT2D eigenvalue weighted by Crippen LogP contribution is -2.72. The van der Waals surface area contributed by atoms with Crippen LogP contribution in [-0.4, -0.2) is 144 Å². The van der Waals surface area contributed by atoms with Crippen molar-refractivity contribution in [3.63, 3.8) is 0 Å². The summed E-state index contributed by atoms with van der Waals surface area (Å²) in [6.45, 7) is -3.65. The van der Waals surface area contributed by atoms with Crippen molar-refractivity contribution in [2.24, 2.45) is 11.5 Å². The summed E-state index contributed by atoms with van der Waals surface area (Å²) in [7, 11) is 0. The molecule has 0 aromatic heterocycles. The van der Waals surface area contributed by atoms with Crippen LogP contribution in [0.4, 0.5) is 4.79 Å². The molecule has 0 aromatic carbocycles. The van der Waals surface area contributed by atoms with Crippen molar-refractivity contribution in [2.45, 2.75) is 66.7 Å². The first-order chi connectivity index (χ1) is 15.8. The monoisotopic (exact) mass is 499 g/mol. The Balaban J connectivity index is 3.43. The number of aliphatic hydroxyl groups is 9. The molecule has 16 nitrogen and oxygen atoms in total. The second-order valence-corrected chi connectivity index (χ2v) is 8.01. The lowest BCUT2D eigenvalue weighted by atomic mass is 9.72. The molecular weight excluding hydrogens is 466 g/mol. The lowest BCUT2D eigenvalue weighted by molar-refractivity contribution is -0.203. The molecule has 9 atom stereocenters. The largest absolute Gasteiger partial charge is 0.394 e. The SMILES string of the molecule is NC(=O)NCCC[C@H](N)C(=O)[C@](O)(C(=O)C1(CO)O[C@H](CO)[C@@H](O)[C@@H]1O)[C@@H](O)[C@H](O)[C@H](O)CO. The summed E-state index contributed by atoms with van der Waals surface area (Å²) in [4.78, 5) is 37.2. The molecule has 1 aliphatic rings. The summed E-state index contributed by atoms with van der Waals surface area (Å²) in [6, 6.07) is -2.62. The maximum Gasteiger partial charge on any atom is 0.312 e. The van der Waals surface area contributed by atoms with Crippen LogP contribution in [0.25, 0.3) is 0 Å². The van der Waals surface area contributed by atoms with E-state index in [9.17, 15) is 55.2 Å². The number of nitrogens with two attached hydrogens (primary N) is 2. The van der Waals surface area contributed by atoms with Crippen molar-refractivity contribution in [1.82, 2.24) is 5.32 Å². The number of Topliss-reactive ketones (excluding diaryl/α,β-unsaturated/α-hetero) is 2. The van der Waals surface area contributed by atoms with E-state index in [2.05, 4.69) is 5.32 Å². The molecule has 1 aliphatic heterocycles. The zero-order valence-corrected chi connectivity index (χ0v) is 18.1. The summed E-state index contributed by atoms with van der Waals surface area (Å²) < 4.78 is 5.08. The summed E-state index contributed by atoms with van der Waals surface area (Å²) in [5.41, 5.74) is 3.93. The highest BCUT2D eigenvalue weighted by Gasteiger charge is 2.67. The van der Waals surface area contributed by atoms with Crippen LogP contribution in [0.1, 0.15) is 12.8 Å². The number of nitrogens with one attached hydrogen (secondary N) is 1. The third-order valence-corrected chi connectivity index (χ3v) is 5.73. The first-order valence-corrected chi connectivity index (χ1v) is 10.3. The fourth-order valence-electron chi connectivity index (χ4n) is 3.65. The van der Waals surface area contributed by atoms with E-state index in [0.717, 1.165) is 0 Å². The molecule has 1 heterocycles. The first-order valence-electron chi connectivity index (χ1n) is 10.3. The Morgan fingerprint density at radius 3 is 2.15 bits per heavy atom. The molecule has 16 heteroatoms. The van der Waals surface area contributed by atoms with Crippen LogP contribution in [0.3, 0.4) is 0 Å².